The van der Waals surface area contributed by atoms with Crippen LogP contribution in [0.5, 0.6) is 0 Å². The summed E-state index contributed by atoms with van der Waals surface area (Å²) in [5.41, 5.74) is 0.245. The summed E-state index contributed by atoms with van der Waals surface area (Å²) in [6.45, 7) is 0. The fourth-order valence-electron chi connectivity index (χ4n) is 3.58. The minimum absolute atomic E-state index is 0.0337. The molecule has 128 valence electrons. The van der Waals surface area contributed by atoms with E-state index in [4.69, 9.17) is 11.6 Å². The van der Waals surface area contributed by atoms with E-state index in [1.54, 1.807) is 6.20 Å². The van der Waals surface area contributed by atoms with Crippen molar-refractivity contribution in [2.75, 3.05) is 23.5 Å². The van der Waals surface area contributed by atoms with Gasteiger partial charge in [0, 0.05) is 13.1 Å². The highest BCUT2D eigenvalue weighted by atomic mass is 35.5. The van der Waals surface area contributed by atoms with E-state index in [1.807, 2.05) is 11.9 Å². The molecule has 3 rings (SSSR count). The largest absolute Gasteiger partial charge is 0.369 e. The Bertz CT molecular complexity index is 741. The predicted molar refractivity (Wildman–Crippen MR) is 91.1 cm³/mol. The minimum atomic E-state index is -3.07. The monoisotopic (exact) mass is 359 g/mol. The number of hydrogen-bond donors (Lipinski definition) is 0. The summed E-state index contributed by atoms with van der Waals surface area (Å²) in [5.74, 6) is 0.0706. The molecular weight excluding hydrogens is 338 g/mol. The van der Waals surface area contributed by atoms with Crippen molar-refractivity contribution in [1.29, 1.82) is 0 Å². The number of rotatable bonds is 3. The molecule has 0 unspecified atom stereocenters. The van der Waals surface area contributed by atoms with Crippen LogP contribution in [-0.4, -0.2) is 42.8 Å². The third-order valence-corrected chi connectivity index (χ3v) is 7.09. The molecular formula is C15H22ClN3O3S. The Morgan fingerprint density at radius 1 is 1.26 bits per heavy atom. The SMILES string of the molecule is CN(c1cnn([C@H]2CCS(=O)(=O)C2)c(=O)c1Cl)C1CCCCC1. The third-order valence-electron chi connectivity index (χ3n) is 4.98. The Kier molecular flexibility index (Phi) is 4.69. The molecule has 1 aliphatic carbocycles. The molecule has 1 atom stereocenters. The standard InChI is InChI=1S/C15H22ClN3O3S/c1-18(11-5-3-2-4-6-11)13-9-17-19(15(20)14(13)16)12-7-8-23(21,22)10-12/h9,11-12H,2-8,10H2,1H3/t12-/m0/s1. The molecule has 6 nitrogen and oxygen atoms in total. The maximum Gasteiger partial charge on any atom is 0.287 e. The summed E-state index contributed by atoms with van der Waals surface area (Å²) >= 11 is 6.30. The van der Waals surface area contributed by atoms with Crippen LogP contribution in [0.3, 0.4) is 0 Å². The third kappa shape index (κ3) is 3.40. The molecule has 0 radical (unpaired) electrons. The Morgan fingerprint density at radius 3 is 2.57 bits per heavy atom. The summed E-state index contributed by atoms with van der Waals surface area (Å²) in [6.07, 6.45) is 7.85. The quantitative estimate of drug-likeness (QED) is 0.825. The van der Waals surface area contributed by atoms with E-state index in [1.165, 1.54) is 23.9 Å². The van der Waals surface area contributed by atoms with E-state index in [2.05, 4.69) is 5.10 Å². The molecule has 8 heteroatoms. The molecule has 2 heterocycles. The summed E-state index contributed by atoms with van der Waals surface area (Å²) in [5, 5.41) is 4.35. The van der Waals surface area contributed by atoms with Crippen LogP contribution in [0.1, 0.15) is 44.6 Å². The van der Waals surface area contributed by atoms with Gasteiger partial charge in [0.05, 0.1) is 29.4 Å². The van der Waals surface area contributed by atoms with Crippen LogP contribution >= 0.6 is 11.6 Å². The molecule has 1 aliphatic heterocycles. The number of aromatic nitrogens is 2. The molecule has 23 heavy (non-hydrogen) atoms. The molecule has 0 aromatic carbocycles. The van der Waals surface area contributed by atoms with Crippen LogP contribution in [0, 0.1) is 0 Å². The zero-order valence-electron chi connectivity index (χ0n) is 13.2. The van der Waals surface area contributed by atoms with Crippen LogP contribution < -0.4 is 10.5 Å². The molecule has 0 N–H and O–H groups in total. The molecule has 1 saturated carbocycles. The Morgan fingerprint density at radius 2 is 1.96 bits per heavy atom. The topological polar surface area (TPSA) is 72.3 Å². The normalized spacial score (nSPS) is 24.7. The van der Waals surface area contributed by atoms with Gasteiger partial charge in [0.15, 0.2) is 9.84 Å². The van der Waals surface area contributed by atoms with Crippen molar-refractivity contribution in [2.45, 2.75) is 50.6 Å². The van der Waals surface area contributed by atoms with E-state index < -0.39 is 21.4 Å². The Balaban J connectivity index is 1.87. The number of anilines is 1. The second kappa shape index (κ2) is 6.43. The van der Waals surface area contributed by atoms with Gasteiger partial charge < -0.3 is 4.90 Å². The van der Waals surface area contributed by atoms with Gasteiger partial charge in [-0.15, -0.1) is 0 Å². The van der Waals surface area contributed by atoms with E-state index in [9.17, 15) is 13.2 Å². The van der Waals surface area contributed by atoms with E-state index in [0.717, 1.165) is 12.8 Å². The first-order valence-electron chi connectivity index (χ1n) is 8.09. The van der Waals surface area contributed by atoms with Gasteiger partial charge in [-0.1, -0.05) is 30.9 Å². The van der Waals surface area contributed by atoms with E-state index >= 15 is 0 Å². The Hall–Kier alpha value is -1.08. The van der Waals surface area contributed by atoms with Crippen LogP contribution in [0.25, 0.3) is 0 Å². The van der Waals surface area contributed by atoms with Gasteiger partial charge in [0.25, 0.3) is 5.56 Å². The molecule has 0 spiro atoms. The fraction of sp³-hybridized carbons (Fsp3) is 0.733. The van der Waals surface area contributed by atoms with Crippen molar-refractivity contribution >= 4 is 27.1 Å². The van der Waals surface area contributed by atoms with Crippen LogP contribution in [-0.2, 0) is 9.84 Å². The summed E-state index contributed by atoms with van der Waals surface area (Å²) in [7, 11) is -1.12. The smallest absolute Gasteiger partial charge is 0.287 e. The lowest BCUT2D eigenvalue weighted by Gasteiger charge is -2.33. The van der Waals surface area contributed by atoms with E-state index in [0.29, 0.717) is 18.2 Å². The van der Waals surface area contributed by atoms with Gasteiger partial charge in [-0.2, -0.15) is 5.10 Å². The van der Waals surface area contributed by atoms with Crippen molar-refractivity contribution in [2.24, 2.45) is 0 Å². The highest BCUT2D eigenvalue weighted by molar-refractivity contribution is 7.91. The van der Waals surface area contributed by atoms with Crippen molar-refractivity contribution in [3.8, 4) is 0 Å². The van der Waals surface area contributed by atoms with Crippen LogP contribution in [0.2, 0.25) is 5.02 Å². The van der Waals surface area contributed by atoms with Gasteiger partial charge >= 0.3 is 0 Å². The van der Waals surface area contributed by atoms with Gasteiger partial charge in [-0.05, 0) is 19.3 Å². The second-order valence-electron chi connectivity index (χ2n) is 6.55. The number of hydrogen-bond acceptors (Lipinski definition) is 5. The van der Waals surface area contributed by atoms with Crippen molar-refractivity contribution in [1.82, 2.24) is 9.78 Å². The molecule has 0 bridgehead atoms. The number of sulfone groups is 1. The lowest BCUT2D eigenvalue weighted by Crippen LogP contribution is -2.36. The Labute approximate surface area is 141 Å². The maximum absolute atomic E-state index is 12.5. The zero-order valence-corrected chi connectivity index (χ0v) is 14.8. The second-order valence-corrected chi connectivity index (χ2v) is 9.16. The summed E-state index contributed by atoms with van der Waals surface area (Å²) < 4.78 is 24.5. The average Bonchev–Trinajstić information content (AvgIpc) is 2.90. The number of halogens is 1. The van der Waals surface area contributed by atoms with Gasteiger partial charge in [-0.3, -0.25) is 4.79 Å². The molecule has 1 aromatic heterocycles. The maximum atomic E-state index is 12.5. The molecule has 2 aliphatic rings. The zero-order chi connectivity index (χ0) is 16.6. The van der Waals surface area contributed by atoms with Gasteiger partial charge in [0.1, 0.15) is 5.02 Å². The first-order valence-corrected chi connectivity index (χ1v) is 10.3. The molecule has 1 aromatic rings. The molecule has 1 saturated heterocycles. The van der Waals surface area contributed by atoms with Crippen molar-refractivity contribution in [3.05, 3.63) is 21.6 Å². The lowest BCUT2D eigenvalue weighted by atomic mass is 9.94. The van der Waals surface area contributed by atoms with E-state index in [-0.39, 0.29) is 16.5 Å². The fourth-order valence-corrected chi connectivity index (χ4v) is 5.54. The van der Waals surface area contributed by atoms with Crippen LogP contribution in [0.15, 0.2) is 11.0 Å². The van der Waals surface area contributed by atoms with Crippen molar-refractivity contribution < 1.29 is 8.42 Å². The average molecular weight is 360 g/mol. The number of nitrogens with zero attached hydrogens (tertiary/aromatic N) is 3. The first-order chi connectivity index (χ1) is 10.9. The highest BCUT2D eigenvalue weighted by Gasteiger charge is 2.31. The highest BCUT2D eigenvalue weighted by Crippen LogP contribution is 2.29. The van der Waals surface area contributed by atoms with Crippen LogP contribution in [0.4, 0.5) is 5.69 Å². The van der Waals surface area contributed by atoms with Crippen molar-refractivity contribution in [3.63, 3.8) is 0 Å². The molecule has 0 amide bonds. The molecule has 2 fully saturated rings. The van der Waals surface area contributed by atoms with Gasteiger partial charge in [0.2, 0.25) is 0 Å². The lowest BCUT2D eigenvalue weighted by molar-refractivity contribution is 0.425. The summed E-state index contributed by atoms with van der Waals surface area (Å²) in [6, 6.07) is -0.0239. The van der Waals surface area contributed by atoms with Gasteiger partial charge in [-0.25, -0.2) is 13.1 Å². The minimum Gasteiger partial charge on any atom is -0.369 e. The predicted octanol–water partition coefficient (Wildman–Crippen LogP) is 2.03. The summed E-state index contributed by atoms with van der Waals surface area (Å²) in [4.78, 5) is 14.6. The first kappa shape index (κ1) is 16.8.